The number of amides is 3. The zero-order valence-corrected chi connectivity index (χ0v) is 31.5. The first-order valence-corrected chi connectivity index (χ1v) is 18.7. The lowest BCUT2D eigenvalue weighted by Gasteiger charge is -2.34. The normalized spacial score (nSPS) is 16.3. The molecule has 0 aromatic heterocycles. The van der Waals surface area contributed by atoms with Crippen molar-refractivity contribution in [2.45, 2.75) is 71.1 Å². The summed E-state index contributed by atoms with van der Waals surface area (Å²) in [5, 5.41) is 15.8. The van der Waals surface area contributed by atoms with Crippen LogP contribution in [0.3, 0.4) is 0 Å². The third-order valence-electron chi connectivity index (χ3n) is 9.59. The van der Waals surface area contributed by atoms with E-state index in [0.29, 0.717) is 73.7 Å². The molecule has 0 bridgehead atoms. The van der Waals surface area contributed by atoms with Crippen LogP contribution in [0.2, 0.25) is 0 Å². The third kappa shape index (κ3) is 11.8. The average molecular weight is 736 g/mol. The predicted octanol–water partition coefficient (Wildman–Crippen LogP) is 6.87. The summed E-state index contributed by atoms with van der Waals surface area (Å²) in [5.74, 6) is 1.75. The molecule has 11 heteroatoms. The lowest BCUT2D eigenvalue weighted by molar-refractivity contribution is -0.134. The standard InChI is InChI=1S/C43H53N5O6/c1-30-26-48(31(2)29-49)43(52)25-33-24-34(45-41(50)16-8-5-9-17-42(51)46-38-15-11-10-14-37(38)44)20-23-39(33)54-40(30)28-47(3)27-32-18-21-36(22-19-32)53-35-12-6-4-7-13-35/h4,6-7,10-15,18-24,30-31,40,49H,5,8-9,16-17,25-29,44H2,1-3H3,(H,45,50)(H,46,51)/t30-,31+,40-/m0/s1. The quantitative estimate of drug-likeness (QED) is 0.0721. The van der Waals surface area contributed by atoms with E-state index in [2.05, 4.69) is 34.6 Å². The van der Waals surface area contributed by atoms with Gasteiger partial charge in [0.1, 0.15) is 23.4 Å². The summed E-state index contributed by atoms with van der Waals surface area (Å²) in [6.07, 6.45) is 2.46. The fourth-order valence-electron chi connectivity index (χ4n) is 6.49. The number of benzene rings is 4. The fraction of sp³-hybridized carbons (Fsp3) is 0.372. The summed E-state index contributed by atoms with van der Waals surface area (Å²) in [4.78, 5) is 42.8. The Kier molecular flexibility index (Phi) is 14.5. The smallest absolute Gasteiger partial charge is 0.227 e. The van der Waals surface area contributed by atoms with Crippen LogP contribution in [0.4, 0.5) is 17.1 Å². The van der Waals surface area contributed by atoms with Crippen molar-refractivity contribution in [3.63, 3.8) is 0 Å². The molecule has 1 aliphatic rings. The number of aliphatic hydroxyl groups excluding tert-OH is 1. The minimum atomic E-state index is -0.359. The second-order valence-corrected chi connectivity index (χ2v) is 14.2. The van der Waals surface area contributed by atoms with Crippen molar-refractivity contribution >= 4 is 34.8 Å². The lowest BCUT2D eigenvalue weighted by atomic mass is 10.0. The number of fused-ring (bicyclic) bond motifs is 1. The van der Waals surface area contributed by atoms with E-state index in [4.69, 9.17) is 15.2 Å². The molecule has 0 aliphatic carbocycles. The van der Waals surface area contributed by atoms with E-state index in [1.165, 1.54) is 0 Å². The van der Waals surface area contributed by atoms with Gasteiger partial charge < -0.3 is 35.8 Å². The van der Waals surface area contributed by atoms with Gasteiger partial charge in [0.2, 0.25) is 17.7 Å². The Morgan fingerprint density at radius 3 is 2.30 bits per heavy atom. The number of carbonyl (C=O) groups is 3. The van der Waals surface area contributed by atoms with Crippen LogP contribution in [-0.4, -0.2) is 71.5 Å². The van der Waals surface area contributed by atoms with Gasteiger partial charge in [0.05, 0.1) is 30.4 Å². The molecule has 4 aromatic rings. The summed E-state index contributed by atoms with van der Waals surface area (Å²) in [5.41, 5.74) is 9.40. The number of nitrogens with one attached hydrogen (secondary N) is 2. The van der Waals surface area contributed by atoms with Gasteiger partial charge in [-0.15, -0.1) is 0 Å². The highest BCUT2D eigenvalue weighted by Crippen LogP contribution is 2.30. The summed E-state index contributed by atoms with van der Waals surface area (Å²) >= 11 is 0. The van der Waals surface area contributed by atoms with Gasteiger partial charge >= 0.3 is 0 Å². The summed E-state index contributed by atoms with van der Waals surface area (Å²) in [7, 11) is 2.05. The number of hydrogen-bond acceptors (Lipinski definition) is 8. The van der Waals surface area contributed by atoms with Gasteiger partial charge in [0.25, 0.3) is 0 Å². The zero-order chi connectivity index (χ0) is 38.5. The molecule has 0 saturated carbocycles. The van der Waals surface area contributed by atoms with Crippen LogP contribution >= 0.6 is 0 Å². The number of nitrogens with zero attached hydrogens (tertiary/aromatic N) is 2. The van der Waals surface area contributed by atoms with Crippen LogP contribution in [0.15, 0.2) is 97.1 Å². The van der Waals surface area contributed by atoms with Crippen LogP contribution in [0, 0.1) is 5.92 Å². The number of ether oxygens (including phenoxy) is 2. The van der Waals surface area contributed by atoms with Crippen LogP contribution in [0.25, 0.3) is 0 Å². The van der Waals surface area contributed by atoms with E-state index in [-0.39, 0.29) is 48.8 Å². The summed E-state index contributed by atoms with van der Waals surface area (Å²) < 4.78 is 12.6. The third-order valence-corrected chi connectivity index (χ3v) is 9.59. The Morgan fingerprint density at radius 1 is 0.926 bits per heavy atom. The average Bonchev–Trinajstić information content (AvgIpc) is 3.20. The monoisotopic (exact) mass is 735 g/mol. The van der Waals surface area contributed by atoms with Gasteiger partial charge in [-0.2, -0.15) is 0 Å². The molecule has 286 valence electrons. The number of rotatable bonds is 16. The van der Waals surface area contributed by atoms with Crippen molar-refractivity contribution in [2.24, 2.45) is 5.92 Å². The summed E-state index contributed by atoms with van der Waals surface area (Å²) in [6.45, 7) is 5.48. The highest BCUT2D eigenvalue weighted by molar-refractivity contribution is 5.94. The van der Waals surface area contributed by atoms with E-state index < -0.39 is 0 Å². The van der Waals surface area contributed by atoms with Crippen LogP contribution in [-0.2, 0) is 27.3 Å². The number of unbranched alkanes of at least 4 members (excludes halogenated alkanes) is 2. The molecule has 0 fully saturated rings. The molecule has 5 rings (SSSR count). The predicted molar refractivity (Wildman–Crippen MR) is 212 cm³/mol. The number of hydrogen-bond donors (Lipinski definition) is 4. The largest absolute Gasteiger partial charge is 0.488 e. The second kappa shape index (κ2) is 19.6. The van der Waals surface area contributed by atoms with Gasteiger partial charge in [-0.1, -0.05) is 55.8 Å². The number of anilines is 3. The van der Waals surface area contributed by atoms with Crippen LogP contribution in [0.1, 0.15) is 57.1 Å². The second-order valence-electron chi connectivity index (χ2n) is 14.2. The molecule has 11 nitrogen and oxygen atoms in total. The molecule has 3 amide bonds. The molecular weight excluding hydrogens is 683 g/mol. The molecule has 0 unspecified atom stereocenters. The number of nitrogen functional groups attached to an aromatic ring is 1. The highest BCUT2D eigenvalue weighted by Gasteiger charge is 2.31. The molecule has 0 spiro atoms. The van der Waals surface area contributed by atoms with Gasteiger partial charge in [-0.05, 0) is 87.0 Å². The van der Waals surface area contributed by atoms with Crippen molar-refractivity contribution in [2.75, 3.05) is 43.1 Å². The van der Waals surface area contributed by atoms with Gasteiger partial charge in [0, 0.05) is 49.6 Å². The molecule has 5 N–H and O–H groups in total. The molecule has 0 saturated heterocycles. The number of aliphatic hydroxyl groups is 1. The van der Waals surface area contributed by atoms with E-state index in [0.717, 1.165) is 23.5 Å². The zero-order valence-electron chi connectivity index (χ0n) is 31.5. The number of carbonyl (C=O) groups excluding carboxylic acids is 3. The molecule has 0 radical (unpaired) electrons. The van der Waals surface area contributed by atoms with Gasteiger partial charge in [-0.25, -0.2) is 0 Å². The van der Waals surface area contributed by atoms with Crippen LogP contribution in [0.5, 0.6) is 17.2 Å². The molecular formula is C43H53N5O6. The Labute approximate surface area is 318 Å². The van der Waals surface area contributed by atoms with Crippen molar-refractivity contribution in [3.8, 4) is 17.2 Å². The van der Waals surface area contributed by atoms with Crippen molar-refractivity contribution in [1.82, 2.24) is 9.80 Å². The molecule has 4 aromatic carbocycles. The van der Waals surface area contributed by atoms with E-state index in [1.54, 1.807) is 23.1 Å². The highest BCUT2D eigenvalue weighted by atomic mass is 16.5. The fourth-order valence-corrected chi connectivity index (χ4v) is 6.49. The Hall–Kier alpha value is -5.39. The van der Waals surface area contributed by atoms with Gasteiger partial charge in [0.15, 0.2) is 0 Å². The first kappa shape index (κ1) is 39.8. The first-order chi connectivity index (χ1) is 26.1. The van der Waals surface area contributed by atoms with E-state index in [1.807, 2.05) is 80.7 Å². The van der Waals surface area contributed by atoms with E-state index in [9.17, 15) is 19.5 Å². The Morgan fingerprint density at radius 2 is 1.59 bits per heavy atom. The van der Waals surface area contributed by atoms with Gasteiger partial charge in [-0.3, -0.25) is 19.3 Å². The first-order valence-electron chi connectivity index (χ1n) is 18.7. The van der Waals surface area contributed by atoms with Crippen molar-refractivity contribution in [1.29, 1.82) is 0 Å². The topological polar surface area (TPSA) is 146 Å². The lowest BCUT2D eigenvalue weighted by Crippen LogP contribution is -2.47. The van der Waals surface area contributed by atoms with Crippen LogP contribution < -0.4 is 25.8 Å². The van der Waals surface area contributed by atoms with Crippen molar-refractivity contribution < 1.29 is 29.0 Å². The minimum Gasteiger partial charge on any atom is -0.488 e. The summed E-state index contributed by atoms with van der Waals surface area (Å²) in [6, 6.07) is 29.9. The molecule has 3 atom stereocenters. The maximum atomic E-state index is 13.7. The number of para-hydroxylation sites is 3. The van der Waals surface area contributed by atoms with Crippen molar-refractivity contribution in [3.05, 3.63) is 108 Å². The molecule has 1 aliphatic heterocycles. The van der Waals surface area contributed by atoms with E-state index >= 15 is 0 Å². The molecule has 54 heavy (non-hydrogen) atoms. The number of nitrogens with two attached hydrogens (primary N) is 1. The Bertz CT molecular complexity index is 1840. The maximum absolute atomic E-state index is 13.7. The SMILES string of the molecule is C[C@H](CO)N1C[C@H](C)[C@H](CN(C)Cc2ccc(Oc3ccccc3)cc2)Oc2ccc(NC(=O)CCCCCC(=O)Nc3ccccc3N)cc2CC1=O. The Balaban J connectivity index is 1.18. The minimum absolute atomic E-state index is 0.0417. The molecule has 1 heterocycles. The number of likely N-dealkylation sites (N-methyl/N-ethyl adjacent to an activating group) is 1. The maximum Gasteiger partial charge on any atom is 0.227 e.